The first kappa shape index (κ1) is 14.5. The highest BCUT2D eigenvalue weighted by atomic mass is 16.3. The molecule has 1 aliphatic heterocycles. The highest BCUT2D eigenvalue weighted by Gasteiger charge is 2.28. The minimum Gasteiger partial charge on any atom is -0.387 e. The molecule has 2 nitrogen and oxygen atoms in total. The van der Waals surface area contributed by atoms with Gasteiger partial charge in [-0.15, -0.1) is 0 Å². The first-order valence-electron chi connectivity index (χ1n) is 7.49. The van der Waals surface area contributed by atoms with Gasteiger partial charge in [0.05, 0.1) is 6.10 Å². The van der Waals surface area contributed by atoms with Crippen LogP contribution in [0.4, 0.5) is 0 Å². The number of β-amino-alcohol motifs (C(OH)–C–C–N with tert-alkyl or cyclic N) is 1. The molecular weight excluding hydrogens is 234 g/mol. The summed E-state index contributed by atoms with van der Waals surface area (Å²) in [6.07, 6.45) is 3.42. The third-order valence-electron chi connectivity index (χ3n) is 4.81. The van der Waals surface area contributed by atoms with Gasteiger partial charge in [0, 0.05) is 6.54 Å². The summed E-state index contributed by atoms with van der Waals surface area (Å²) in [5, 5.41) is 10.3. The van der Waals surface area contributed by atoms with E-state index in [0.29, 0.717) is 5.41 Å². The van der Waals surface area contributed by atoms with Crippen molar-refractivity contribution in [2.45, 2.75) is 46.1 Å². The number of hydrogen-bond donors (Lipinski definition) is 1. The molecule has 1 heterocycles. The fraction of sp³-hybridized carbons (Fsp3) is 0.647. The Morgan fingerprint density at radius 3 is 2.32 bits per heavy atom. The zero-order chi connectivity index (χ0) is 13.9. The van der Waals surface area contributed by atoms with Crippen LogP contribution in [0.5, 0.6) is 0 Å². The van der Waals surface area contributed by atoms with Crippen LogP contribution >= 0.6 is 0 Å². The van der Waals surface area contributed by atoms with Gasteiger partial charge in [-0.1, -0.05) is 50.1 Å². The lowest BCUT2D eigenvalue weighted by molar-refractivity contribution is 0.0626. The number of aliphatic hydroxyl groups excluding tert-OH is 1. The molecule has 0 radical (unpaired) electrons. The monoisotopic (exact) mass is 261 g/mol. The number of aryl methyl sites for hydroxylation is 1. The molecule has 0 saturated carbocycles. The molecular formula is C17H27NO. The van der Waals surface area contributed by atoms with Crippen LogP contribution in [-0.4, -0.2) is 29.6 Å². The second-order valence-corrected chi connectivity index (χ2v) is 6.39. The van der Waals surface area contributed by atoms with Crippen LogP contribution in [0.25, 0.3) is 0 Å². The van der Waals surface area contributed by atoms with Crippen LogP contribution in [0.1, 0.15) is 50.3 Å². The van der Waals surface area contributed by atoms with Crippen molar-refractivity contribution in [1.82, 2.24) is 4.90 Å². The van der Waals surface area contributed by atoms with Crippen molar-refractivity contribution in [2.24, 2.45) is 5.41 Å². The van der Waals surface area contributed by atoms with E-state index in [0.717, 1.165) is 25.2 Å². The number of likely N-dealkylation sites (tertiary alicyclic amines) is 1. The molecule has 0 aromatic heterocycles. The molecule has 1 N–H and O–H groups in total. The molecule has 1 aliphatic rings. The van der Waals surface area contributed by atoms with Gasteiger partial charge in [0.1, 0.15) is 0 Å². The number of piperidine rings is 1. The summed E-state index contributed by atoms with van der Waals surface area (Å²) >= 11 is 0. The van der Waals surface area contributed by atoms with E-state index >= 15 is 0 Å². The van der Waals surface area contributed by atoms with Crippen LogP contribution in [-0.2, 0) is 0 Å². The van der Waals surface area contributed by atoms with Crippen LogP contribution in [0.2, 0.25) is 0 Å². The Kier molecular flexibility index (Phi) is 4.64. The molecule has 1 fully saturated rings. The number of aliphatic hydroxyl groups is 1. The molecule has 0 aliphatic carbocycles. The lowest BCUT2D eigenvalue weighted by Crippen LogP contribution is -2.40. The zero-order valence-corrected chi connectivity index (χ0v) is 12.5. The highest BCUT2D eigenvalue weighted by molar-refractivity contribution is 5.23. The van der Waals surface area contributed by atoms with Crippen LogP contribution in [0.15, 0.2) is 24.3 Å². The van der Waals surface area contributed by atoms with Gasteiger partial charge in [0.15, 0.2) is 0 Å². The Hall–Kier alpha value is -0.860. The normalized spacial score (nSPS) is 21.3. The lowest BCUT2D eigenvalue weighted by Gasteiger charge is -2.39. The van der Waals surface area contributed by atoms with Gasteiger partial charge in [-0.25, -0.2) is 0 Å². The Morgan fingerprint density at radius 2 is 1.79 bits per heavy atom. The van der Waals surface area contributed by atoms with E-state index in [1.165, 1.54) is 24.8 Å². The van der Waals surface area contributed by atoms with E-state index in [2.05, 4.69) is 37.8 Å². The molecule has 106 valence electrons. The molecule has 1 unspecified atom stereocenters. The number of hydrogen-bond acceptors (Lipinski definition) is 2. The van der Waals surface area contributed by atoms with Crippen molar-refractivity contribution < 1.29 is 5.11 Å². The predicted octanol–water partition coefficient (Wildman–Crippen LogP) is 3.54. The summed E-state index contributed by atoms with van der Waals surface area (Å²) in [5.41, 5.74) is 2.80. The van der Waals surface area contributed by atoms with Gasteiger partial charge >= 0.3 is 0 Å². The summed E-state index contributed by atoms with van der Waals surface area (Å²) in [5.74, 6) is 0. The molecule has 0 amide bonds. The highest BCUT2D eigenvalue weighted by Crippen LogP contribution is 2.34. The summed E-state index contributed by atoms with van der Waals surface area (Å²) < 4.78 is 0. The molecule has 1 aromatic rings. The average Bonchev–Trinajstić information content (AvgIpc) is 2.42. The average molecular weight is 261 g/mol. The third-order valence-corrected chi connectivity index (χ3v) is 4.81. The first-order chi connectivity index (χ1) is 9.02. The second-order valence-electron chi connectivity index (χ2n) is 6.39. The zero-order valence-electron chi connectivity index (χ0n) is 12.5. The van der Waals surface area contributed by atoms with Gasteiger partial charge in [0.25, 0.3) is 0 Å². The molecule has 1 saturated heterocycles. The van der Waals surface area contributed by atoms with E-state index in [1.807, 2.05) is 12.1 Å². The topological polar surface area (TPSA) is 23.5 Å². The molecule has 1 aromatic carbocycles. The van der Waals surface area contributed by atoms with Crippen LogP contribution in [0.3, 0.4) is 0 Å². The van der Waals surface area contributed by atoms with Crippen molar-refractivity contribution >= 4 is 0 Å². The van der Waals surface area contributed by atoms with Crippen molar-refractivity contribution in [2.75, 3.05) is 19.6 Å². The standard InChI is InChI=1S/C17H27NO/c1-4-17(3)9-11-18(12-10-17)13-16(19)15-7-5-14(2)6-8-15/h5-8,16,19H,4,9-13H2,1-3H3. The van der Waals surface area contributed by atoms with Crippen LogP contribution in [0, 0.1) is 12.3 Å². The fourth-order valence-electron chi connectivity index (χ4n) is 2.77. The van der Waals surface area contributed by atoms with E-state index in [4.69, 9.17) is 0 Å². The van der Waals surface area contributed by atoms with E-state index in [1.54, 1.807) is 0 Å². The van der Waals surface area contributed by atoms with Crippen molar-refractivity contribution in [1.29, 1.82) is 0 Å². The molecule has 0 bridgehead atoms. The van der Waals surface area contributed by atoms with E-state index in [-0.39, 0.29) is 6.10 Å². The molecule has 1 atom stereocenters. The Bertz CT molecular complexity index is 390. The van der Waals surface area contributed by atoms with Crippen molar-refractivity contribution in [3.63, 3.8) is 0 Å². The predicted molar refractivity (Wildman–Crippen MR) is 80.2 cm³/mol. The lowest BCUT2D eigenvalue weighted by atomic mass is 9.78. The molecule has 0 spiro atoms. The number of nitrogens with zero attached hydrogens (tertiary/aromatic N) is 1. The maximum absolute atomic E-state index is 10.3. The van der Waals surface area contributed by atoms with Crippen molar-refractivity contribution in [3.8, 4) is 0 Å². The van der Waals surface area contributed by atoms with Gasteiger partial charge in [-0.3, -0.25) is 0 Å². The number of benzene rings is 1. The Morgan fingerprint density at radius 1 is 1.21 bits per heavy atom. The fourth-order valence-corrected chi connectivity index (χ4v) is 2.77. The maximum Gasteiger partial charge on any atom is 0.0916 e. The Labute approximate surface area is 117 Å². The molecule has 19 heavy (non-hydrogen) atoms. The van der Waals surface area contributed by atoms with Crippen LogP contribution < -0.4 is 0 Å². The first-order valence-corrected chi connectivity index (χ1v) is 7.49. The quantitative estimate of drug-likeness (QED) is 0.896. The third kappa shape index (κ3) is 3.80. The summed E-state index contributed by atoms with van der Waals surface area (Å²) in [6, 6.07) is 8.23. The Balaban J connectivity index is 1.87. The second kappa shape index (κ2) is 6.06. The molecule has 2 heteroatoms. The summed E-state index contributed by atoms with van der Waals surface area (Å²) in [7, 11) is 0. The van der Waals surface area contributed by atoms with Gasteiger partial charge in [0.2, 0.25) is 0 Å². The molecule has 2 rings (SSSR count). The van der Waals surface area contributed by atoms with E-state index < -0.39 is 0 Å². The largest absolute Gasteiger partial charge is 0.387 e. The minimum absolute atomic E-state index is 0.355. The minimum atomic E-state index is -0.355. The van der Waals surface area contributed by atoms with Crippen molar-refractivity contribution in [3.05, 3.63) is 35.4 Å². The SMILES string of the molecule is CCC1(C)CCN(CC(O)c2ccc(C)cc2)CC1. The van der Waals surface area contributed by atoms with Gasteiger partial charge in [-0.2, -0.15) is 0 Å². The van der Waals surface area contributed by atoms with Gasteiger partial charge < -0.3 is 10.0 Å². The summed E-state index contributed by atoms with van der Waals surface area (Å²) in [6.45, 7) is 9.76. The smallest absolute Gasteiger partial charge is 0.0916 e. The maximum atomic E-state index is 10.3. The van der Waals surface area contributed by atoms with E-state index in [9.17, 15) is 5.11 Å². The number of rotatable bonds is 4. The van der Waals surface area contributed by atoms with Gasteiger partial charge in [-0.05, 0) is 43.8 Å². The summed E-state index contributed by atoms with van der Waals surface area (Å²) in [4.78, 5) is 2.40.